The highest BCUT2D eigenvalue weighted by atomic mass is 16.4. The van der Waals surface area contributed by atoms with Crippen LogP contribution in [0.4, 0.5) is 0 Å². The fraction of sp³-hybridized carbons (Fsp3) is 0.733. The van der Waals surface area contributed by atoms with E-state index in [1.165, 1.54) is 13.8 Å². The number of nitrogens with one attached hydrogen (secondary N) is 4. The van der Waals surface area contributed by atoms with E-state index >= 15 is 0 Å². The number of aliphatic hydroxyl groups excluding tert-OH is 3. The monoisotopic (exact) mass is 596 g/mol. The highest BCUT2D eigenvalue weighted by Gasteiger charge is 2.36. The number of Topliss-reactive ketones (excluding diaryl/α,β-unsaturated/α-hetero) is 1. The van der Waals surface area contributed by atoms with Crippen molar-refractivity contribution in [1.29, 1.82) is 0 Å². The number of carboxylic acid groups (broad SMARTS) is 1. The summed E-state index contributed by atoms with van der Waals surface area (Å²) < 4.78 is 0. The first kappa shape index (κ1) is 37.4. The Kier molecular flexibility index (Phi) is 18.8. The summed E-state index contributed by atoms with van der Waals surface area (Å²) in [4.78, 5) is 48.6. The molecule has 1 aliphatic rings. The van der Waals surface area contributed by atoms with Crippen molar-refractivity contribution in [3.8, 4) is 0 Å². The molecule has 0 saturated carbocycles. The zero-order valence-electron chi connectivity index (χ0n) is 25.1. The second-order valence-electron chi connectivity index (χ2n) is 11.0. The molecule has 1 aliphatic heterocycles. The maximum absolute atomic E-state index is 13.0. The van der Waals surface area contributed by atoms with Crippen LogP contribution < -0.4 is 21.3 Å². The van der Waals surface area contributed by atoms with E-state index in [4.69, 9.17) is 5.11 Å². The number of carbonyl (C=O) groups is 4. The zero-order valence-corrected chi connectivity index (χ0v) is 25.1. The van der Waals surface area contributed by atoms with E-state index < -0.39 is 42.3 Å². The average Bonchev–Trinajstić information content (AvgIpc) is 2.92. The number of amides is 2. The van der Waals surface area contributed by atoms with Gasteiger partial charge in [0.05, 0.1) is 24.5 Å². The maximum atomic E-state index is 13.0. The molecule has 8 N–H and O–H groups in total. The molecule has 0 saturated heterocycles. The summed E-state index contributed by atoms with van der Waals surface area (Å²) >= 11 is 0. The summed E-state index contributed by atoms with van der Waals surface area (Å²) in [5.41, 5.74) is -1.00. The molecule has 0 aromatic carbocycles. The van der Waals surface area contributed by atoms with Crippen molar-refractivity contribution in [2.75, 3.05) is 19.7 Å². The van der Waals surface area contributed by atoms with Gasteiger partial charge < -0.3 is 31.1 Å². The molecule has 0 aromatic rings. The lowest BCUT2D eigenvalue weighted by Crippen LogP contribution is -2.59. The van der Waals surface area contributed by atoms with Crippen molar-refractivity contribution < 1.29 is 39.6 Å². The summed E-state index contributed by atoms with van der Waals surface area (Å²) in [6.07, 6.45) is 11.7. The number of rotatable bonds is 14. The maximum Gasteiger partial charge on any atom is 0.305 e. The lowest BCUT2D eigenvalue weighted by atomic mass is 9.83. The molecule has 12 nitrogen and oxygen atoms in total. The van der Waals surface area contributed by atoms with Crippen LogP contribution in [0.15, 0.2) is 24.3 Å². The van der Waals surface area contributed by atoms with Gasteiger partial charge in [-0.15, -0.1) is 0 Å². The Morgan fingerprint density at radius 1 is 1.10 bits per heavy atom. The van der Waals surface area contributed by atoms with Crippen LogP contribution in [0.5, 0.6) is 0 Å². The van der Waals surface area contributed by atoms with E-state index in [0.717, 1.165) is 12.8 Å². The van der Waals surface area contributed by atoms with Crippen LogP contribution in [0.1, 0.15) is 90.9 Å². The van der Waals surface area contributed by atoms with E-state index in [2.05, 4.69) is 21.3 Å². The van der Waals surface area contributed by atoms with Crippen LogP contribution >= 0.6 is 0 Å². The van der Waals surface area contributed by atoms with Crippen molar-refractivity contribution in [3.63, 3.8) is 0 Å². The first-order valence-corrected chi connectivity index (χ1v) is 15.1. The molecule has 0 spiro atoms. The summed E-state index contributed by atoms with van der Waals surface area (Å²) in [6.45, 7) is 3.22. The van der Waals surface area contributed by atoms with E-state index in [0.29, 0.717) is 64.3 Å². The average molecular weight is 597 g/mol. The van der Waals surface area contributed by atoms with Crippen molar-refractivity contribution in [2.45, 2.75) is 115 Å². The molecule has 0 aliphatic carbocycles. The molecule has 1 heterocycles. The first-order valence-electron chi connectivity index (χ1n) is 15.1. The minimum atomic E-state index is -1.27. The molecule has 12 heteroatoms. The molecule has 240 valence electrons. The molecule has 1 rings (SSSR count). The number of carbonyl (C=O) groups excluding carboxylic acids is 3. The van der Waals surface area contributed by atoms with E-state index in [9.17, 15) is 34.5 Å². The second-order valence-corrected chi connectivity index (χ2v) is 11.0. The molecule has 2 unspecified atom stereocenters. The van der Waals surface area contributed by atoms with Crippen molar-refractivity contribution >= 4 is 23.6 Å². The van der Waals surface area contributed by atoms with Gasteiger partial charge in [-0.2, -0.15) is 0 Å². The van der Waals surface area contributed by atoms with Gasteiger partial charge in [-0.1, -0.05) is 24.3 Å². The largest absolute Gasteiger partial charge is 0.481 e. The lowest BCUT2D eigenvalue weighted by molar-refractivity contribution is -0.140. The molecule has 0 aromatic heterocycles. The zero-order chi connectivity index (χ0) is 31.4. The van der Waals surface area contributed by atoms with E-state index in [1.807, 2.05) is 24.3 Å². The number of hydrogen-bond acceptors (Lipinski definition) is 9. The molecule has 0 radical (unpaired) electrons. The lowest BCUT2D eigenvalue weighted by Gasteiger charge is -2.35. The quantitative estimate of drug-likeness (QED) is 0.107. The van der Waals surface area contributed by atoms with Crippen LogP contribution in [0.3, 0.4) is 0 Å². The van der Waals surface area contributed by atoms with Crippen LogP contribution in [-0.4, -0.2) is 87.7 Å². The van der Waals surface area contributed by atoms with Crippen LogP contribution in [-0.2, 0) is 19.2 Å². The van der Waals surface area contributed by atoms with Gasteiger partial charge in [0.25, 0.3) is 0 Å². The molecule has 42 heavy (non-hydrogen) atoms. The van der Waals surface area contributed by atoms with E-state index in [-0.39, 0.29) is 30.8 Å². The van der Waals surface area contributed by atoms with Gasteiger partial charge >= 0.3 is 5.97 Å². The highest BCUT2D eigenvalue weighted by Crippen LogP contribution is 2.25. The minimum absolute atomic E-state index is 0.116. The van der Waals surface area contributed by atoms with Gasteiger partial charge in [-0.25, -0.2) is 0 Å². The molecule has 0 bridgehead atoms. The van der Waals surface area contributed by atoms with Gasteiger partial charge in [0, 0.05) is 26.0 Å². The number of β-amino-alcohol motifs (C(OH)–C–C–N with tert-alkyl or cyclic N) is 1. The number of aliphatic carboxylic acids is 1. The Balaban J connectivity index is 3.10. The normalized spacial score (nSPS) is 27.3. The van der Waals surface area contributed by atoms with Gasteiger partial charge in [0.2, 0.25) is 11.8 Å². The molecule has 0 fully saturated rings. The van der Waals surface area contributed by atoms with E-state index in [1.54, 1.807) is 0 Å². The topological polar surface area (TPSA) is 197 Å². The molecule has 5 atom stereocenters. The van der Waals surface area contributed by atoms with Gasteiger partial charge in [-0.05, 0) is 77.6 Å². The first-order chi connectivity index (χ1) is 20.0. The number of hydrogen-bond donors (Lipinski definition) is 8. The molecule has 2 amide bonds. The van der Waals surface area contributed by atoms with Crippen molar-refractivity contribution in [2.24, 2.45) is 5.92 Å². The number of carboxylic acids is 1. The SMILES string of the molecule is CC(=O)NCCC[C@H]1C/C=C/CCC[C@](CCC/C=C/CCCO)(C(C)=O)NC(O)CNC(=O)[C@H](CC(=O)O)NC1O. The number of aliphatic hydroxyl groups is 3. The van der Waals surface area contributed by atoms with Gasteiger partial charge in [0.15, 0.2) is 0 Å². The third kappa shape index (κ3) is 15.5. The highest BCUT2D eigenvalue weighted by molar-refractivity contribution is 5.87. The van der Waals surface area contributed by atoms with Crippen LogP contribution in [0.2, 0.25) is 0 Å². The fourth-order valence-electron chi connectivity index (χ4n) is 5.07. The van der Waals surface area contributed by atoms with Crippen molar-refractivity contribution in [1.82, 2.24) is 21.3 Å². The predicted octanol–water partition coefficient (Wildman–Crippen LogP) is 1.25. The van der Waals surface area contributed by atoms with Crippen LogP contribution in [0.25, 0.3) is 0 Å². The second kappa shape index (κ2) is 21.1. The summed E-state index contributed by atoms with van der Waals surface area (Å²) in [5.74, 6) is -2.54. The van der Waals surface area contributed by atoms with Gasteiger partial charge in [0.1, 0.15) is 18.2 Å². The smallest absolute Gasteiger partial charge is 0.305 e. The molecular weight excluding hydrogens is 544 g/mol. The number of unbranched alkanes of at least 4 members (excludes halogenated alkanes) is 2. The summed E-state index contributed by atoms with van der Waals surface area (Å²) in [5, 5.41) is 51.1. The Hall–Kier alpha value is -2.64. The van der Waals surface area contributed by atoms with Crippen LogP contribution in [0, 0.1) is 5.92 Å². The van der Waals surface area contributed by atoms with Gasteiger partial charge in [-0.3, -0.25) is 29.8 Å². The van der Waals surface area contributed by atoms with Crippen molar-refractivity contribution in [3.05, 3.63) is 24.3 Å². The Morgan fingerprint density at radius 2 is 1.81 bits per heavy atom. The third-order valence-electron chi connectivity index (χ3n) is 7.48. The molecular formula is C30H52N4O8. The third-order valence-corrected chi connectivity index (χ3v) is 7.48. The predicted molar refractivity (Wildman–Crippen MR) is 159 cm³/mol. The minimum Gasteiger partial charge on any atom is -0.481 e. The standard InChI is InChI=1S/C30H52N4O8/c1-22(36)30(16-10-6-3-4-8-12-19-35)17-11-7-5-9-14-24(15-13-18-31-23(2)37)28(41)33-25(20-27(39)40)29(42)32-21-26(38)34-30/h3-5,9,24-26,28,33-35,38,41H,6-8,10-21H2,1-2H3,(H,31,37)(H,32,42)(H,39,40)/b4-3+,9-5+/t24-,25+,26?,28?,30-/m1/s1. The Morgan fingerprint density at radius 3 is 2.45 bits per heavy atom. The Labute approximate surface area is 249 Å². The Bertz CT molecular complexity index is 897. The summed E-state index contributed by atoms with van der Waals surface area (Å²) in [6, 6.07) is -1.25. The number of allylic oxidation sites excluding steroid dienone is 4. The number of ketones is 1. The fourth-order valence-corrected chi connectivity index (χ4v) is 5.07. The summed E-state index contributed by atoms with van der Waals surface area (Å²) in [7, 11) is 0.